The number of hydrogen-bond acceptors (Lipinski definition) is 10. The summed E-state index contributed by atoms with van der Waals surface area (Å²) in [6.07, 6.45) is 6.56. The van der Waals surface area contributed by atoms with E-state index in [1.54, 1.807) is 30.0 Å². The number of halogens is 2. The second kappa shape index (κ2) is 15.9. The second-order valence-corrected chi connectivity index (χ2v) is 15.7. The smallest absolute Gasteiger partial charge is 0.261 e. The number of likely N-dealkylation sites (tertiary alicyclic amines) is 1. The zero-order valence-electron chi connectivity index (χ0n) is 28.9. The van der Waals surface area contributed by atoms with Crippen molar-refractivity contribution in [1.29, 1.82) is 0 Å². The van der Waals surface area contributed by atoms with Crippen LogP contribution in [0.1, 0.15) is 57.2 Å². The van der Waals surface area contributed by atoms with Crippen LogP contribution in [0.4, 0.5) is 20.2 Å². The quantitative estimate of drug-likeness (QED) is 0.224. The monoisotopic (exact) mass is 724 g/mol. The van der Waals surface area contributed by atoms with Gasteiger partial charge >= 0.3 is 0 Å². The van der Waals surface area contributed by atoms with Gasteiger partial charge in [0.05, 0.1) is 23.6 Å². The molecule has 1 aromatic heterocycles. The van der Waals surface area contributed by atoms with Gasteiger partial charge in [0.15, 0.2) is 0 Å². The van der Waals surface area contributed by atoms with Crippen molar-refractivity contribution >= 4 is 45.9 Å². The molecule has 11 nitrogen and oxygen atoms in total. The van der Waals surface area contributed by atoms with Crippen LogP contribution < -0.4 is 25.8 Å². The highest BCUT2D eigenvalue weighted by molar-refractivity contribution is 7.99. The maximum Gasteiger partial charge on any atom is 0.261 e. The molecule has 3 aromatic rings. The second-order valence-electron chi connectivity index (χ2n) is 14.4. The number of aromatic nitrogens is 2. The Morgan fingerprint density at radius 1 is 1.02 bits per heavy atom. The van der Waals surface area contributed by atoms with Crippen LogP contribution in [-0.4, -0.2) is 90.5 Å². The van der Waals surface area contributed by atoms with Crippen molar-refractivity contribution in [2.45, 2.75) is 74.5 Å². The van der Waals surface area contributed by atoms with Crippen LogP contribution in [0.3, 0.4) is 0 Å². The van der Waals surface area contributed by atoms with E-state index in [-0.39, 0.29) is 35.5 Å². The summed E-state index contributed by atoms with van der Waals surface area (Å²) in [5.41, 5.74) is 0.900. The van der Waals surface area contributed by atoms with E-state index in [1.165, 1.54) is 12.1 Å². The molecule has 3 saturated heterocycles. The van der Waals surface area contributed by atoms with Crippen molar-refractivity contribution in [2.24, 2.45) is 11.8 Å². The van der Waals surface area contributed by atoms with Gasteiger partial charge < -0.3 is 29.6 Å². The van der Waals surface area contributed by atoms with Gasteiger partial charge in [-0.05, 0) is 88.1 Å². The van der Waals surface area contributed by atoms with Gasteiger partial charge in [0.1, 0.15) is 34.6 Å². The highest BCUT2D eigenvalue weighted by atomic mass is 32.2. The molecule has 1 unspecified atom stereocenters. The lowest BCUT2D eigenvalue weighted by atomic mass is 9.78. The lowest BCUT2D eigenvalue weighted by molar-refractivity contribution is -0.133. The number of aromatic amines is 1. The number of H-pyrrole nitrogens is 1. The minimum absolute atomic E-state index is 0.0396. The highest BCUT2D eigenvalue weighted by Crippen LogP contribution is 2.37. The maximum atomic E-state index is 15.1. The van der Waals surface area contributed by atoms with Crippen molar-refractivity contribution in [3.8, 4) is 5.75 Å². The van der Waals surface area contributed by atoms with E-state index in [9.17, 15) is 18.8 Å². The molecule has 4 heterocycles. The van der Waals surface area contributed by atoms with E-state index in [2.05, 4.69) is 25.5 Å². The molecule has 2 aromatic carbocycles. The molecule has 14 heteroatoms. The number of carbonyl (C=O) groups is 2. The Labute approximate surface area is 300 Å². The third-order valence-corrected chi connectivity index (χ3v) is 12.2. The van der Waals surface area contributed by atoms with E-state index in [0.29, 0.717) is 64.3 Å². The van der Waals surface area contributed by atoms with Crippen LogP contribution in [0.2, 0.25) is 0 Å². The Balaban J connectivity index is 0.840. The van der Waals surface area contributed by atoms with Crippen LogP contribution in [0.5, 0.6) is 5.75 Å². The molecule has 2 amide bonds. The molecule has 0 bridgehead atoms. The van der Waals surface area contributed by atoms with E-state index in [4.69, 9.17) is 9.47 Å². The normalized spacial score (nSPS) is 23.5. The molecule has 1 saturated carbocycles. The molecule has 3 N–H and O–H groups in total. The highest BCUT2D eigenvalue weighted by Gasteiger charge is 2.35. The number of ether oxygens (including phenoxy) is 2. The number of nitrogens with zero attached hydrogens (tertiary/aromatic N) is 3. The number of fused-ring (bicyclic) bond motifs is 1. The standard InChI is InChI=1S/C37H46F2N6O5S/c1-44(32-4-2-24(16-28(32)38)40-30-3-5-34(46)43-36(30)47)25-14-23(15-25)19-45-10-6-22(7-11-45)20-50-26-17-29(39)35-31(18-26)41-33(42-37(35)48)21-51-27-8-12-49-13-9-27/h2,4,16-18,22-23,25,27,30,40H,3,5-15,19-21H2,1H3,(H,41,42,48)(H,43,46,47). The Morgan fingerprint density at radius 2 is 1.80 bits per heavy atom. The van der Waals surface area contributed by atoms with Gasteiger partial charge in [-0.1, -0.05) is 0 Å². The topological polar surface area (TPSA) is 129 Å². The van der Waals surface area contributed by atoms with Crippen LogP contribution in [-0.2, 0) is 20.1 Å². The van der Waals surface area contributed by atoms with Crippen molar-refractivity contribution in [3.63, 3.8) is 0 Å². The minimum Gasteiger partial charge on any atom is -0.493 e. The average molecular weight is 725 g/mol. The molecule has 1 atom stereocenters. The van der Waals surface area contributed by atoms with E-state index < -0.39 is 17.4 Å². The summed E-state index contributed by atoms with van der Waals surface area (Å²) in [5.74, 6) is 0.765. The minimum atomic E-state index is -0.624. The number of anilines is 2. The van der Waals surface area contributed by atoms with Crippen molar-refractivity contribution in [1.82, 2.24) is 20.2 Å². The Morgan fingerprint density at radius 3 is 2.55 bits per heavy atom. The van der Waals surface area contributed by atoms with E-state index in [0.717, 1.165) is 71.4 Å². The summed E-state index contributed by atoms with van der Waals surface area (Å²) in [5, 5.41) is 5.78. The number of imide groups is 1. The number of benzene rings is 2. The summed E-state index contributed by atoms with van der Waals surface area (Å²) in [4.78, 5) is 48.0. The third-order valence-electron chi connectivity index (χ3n) is 10.8. The Kier molecular flexibility index (Phi) is 11.1. The number of carbonyl (C=O) groups excluding carboxylic acids is 2. The largest absolute Gasteiger partial charge is 0.493 e. The summed E-state index contributed by atoms with van der Waals surface area (Å²) >= 11 is 1.74. The average Bonchev–Trinajstić information content (AvgIpc) is 3.09. The van der Waals surface area contributed by atoms with Crippen molar-refractivity contribution in [2.75, 3.05) is 56.7 Å². The Bertz CT molecular complexity index is 1790. The van der Waals surface area contributed by atoms with Gasteiger partial charge in [0.25, 0.3) is 5.56 Å². The first-order valence-electron chi connectivity index (χ1n) is 18.1. The van der Waals surface area contributed by atoms with E-state index >= 15 is 4.39 Å². The summed E-state index contributed by atoms with van der Waals surface area (Å²) in [6.45, 7) is 4.94. The first-order valence-corrected chi connectivity index (χ1v) is 19.1. The summed E-state index contributed by atoms with van der Waals surface area (Å²) in [6, 6.07) is 7.61. The van der Waals surface area contributed by atoms with Crippen LogP contribution >= 0.6 is 11.8 Å². The molecule has 0 spiro atoms. The predicted octanol–water partition coefficient (Wildman–Crippen LogP) is 4.84. The fraction of sp³-hybridized carbons (Fsp3) is 0.568. The first kappa shape index (κ1) is 35.6. The molecular formula is C37H46F2N6O5S. The number of thioether (sulfide) groups is 1. The van der Waals surface area contributed by atoms with Crippen LogP contribution in [0.25, 0.3) is 10.9 Å². The van der Waals surface area contributed by atoms with E-state index in [1.807, 2.05) is 11.9 Å². The molecular weight excluding hydrogens is 679 g/mol. The lowest BCUT2D eigenvalue weighted by Crippen LogP contribution is -2.48. The molecule has 1 aliphatic carbocycles. The molecule has 7 rings (SSSR count). The Hall–Kier alpha value is -3.75. The van der Waals surface area contributed by atoms with Gasteiger partial charge in [-0.2, -0.15) is 11.8 Å². The van der Waals surface area contributed by atoms with Gasteiger partial charge in [-0.3, -0.25) is 19.7 Å². The summed E-state index contributed by atoms with van der Waals surface area (Å²) in [7, 11) is 1.93. The molecule has 4 fully saturated rings. The third kappa shape index (κ3) is 8.66. The predicted molar refractivity (Wildman–Crippen MR) is 193 cm³/mol. The number of nitrogens with one attached hydrogen (secondary N) is 3. The first-order chi connectivity index (χ1) is 24.7. The van der Waals surface area contributed by atoms with Crippen molar-refractivity contribution < 1.29 is 27.8 Å². The number of amides is 2. The van der Waals surface area contributed by atoms with Gasteiger partial charge in [-0.15, -0.1) is 0 Å². The molecule has 3 aliphatic heterocycles. The molecule has 0 radical (unpaired) electrons. The van der Waals surface area contributed by atoms with Crippen LogP contribution in [0, 0.1) is 23.5 Å². The SMILES string of the molecule is CN(c1ccc(NC2CCC(=O)NC2=O)cc1F)C1CC(CN2CCC(COc3cc(F)c4c(=O)[nH]c(CSC5CCOCC5)nc4c3)CC2)C1. The van der Waals surface area contributed by atoms with Gasteiger partial charge in [0, 0.05) is 62.3 Å². The zero-order valence-corrected chi connectivity index (χ0v) is 29.7. The van der Waals surface area contributed by atoms with Crippen LogP contribution in [0.15, 0.2) is 35.1 Å². The zero-order chi connectivity index (χ0) is 35.5. The number of piperidine rings is 2. The number of hydrogen-bond donors (Lipinski definition) is 3. The maximum absolute atomic E-state index is 15.1. The number of rotatable bonds is 12. The summed E-state index contributed by atoms with van der Waals surface area (Å²) < 4.78 is 41.6. The van der Waals surface area contributed by atoms with Gasteiger partial charge in [-0.25, -0.2) is 13.8 Å². The fourth-order valence-corrected chi connectivity index (χ4v) is 8.69. The molecule has 274 valence electrons. The fourth-order valence-electron chi connectivity index (χ4n) is 7.63. The van der Waals surface area contributed by atoms with Gasteiger partial charge in [0.2, 0.25) is 11.8 Å². The molecule has 4 aliphatic rings. The molecule has 51 heavy (non-hydrogen) atoms. The lowest BCUT2D eigenvalue weighted by Gasteiger charge is -2.45. The van der Waals surface area contributed by atoms with Crippen molar-refractivity contribution in [3.05, 3.63) is 58.1 Å².